The minimum absolute atomic E-state index is 0.546. The Morgan fingerprint density at radius 1 is 1.35 bits per heavy atom. The molecule has 0 aromatic carbocycles. The molecule has 1 aliphatic heterocycles. The van der Waals surface area contributed by atoms with Crippen LogP contribution < -0.4 is 5.32 Å². The van der Waals surface area contributed by atoms with Gasteiger partial charge in [-0.1, -0.05) is 20.8 Å². The van der Waals surface area contributed by atoms with Gasteiger partial charge in [0.2, 0.25) is 0 Å². The summed E-state index contributed by atoms with van der Waals surface area (Å²) in [5.74, 6) is 0.726. The highest BCUT2D eigenvalue weighted by molar-refractivity contribution is 7.12. The SMILES string of the molecule is CCc1ccc(C(C)N(CC(C)C)CC2CCCN2)s1. The Labute approximate surface area is 128 Å². The summed E-state index contributed by atoms with van der Waals surface area (Å²) in [6, 6.07) is 5.88. The molecule has 114 valence electrons. The van der Waals surface area contributed by atoms with E-state index in [1.807, 2.05) is 11.3 Å². The zero-order valence-corrected chi connectivity index (χ0v) is 14.3. The van der Waals surface area contributed by atoms with Crippen LogP contribution >= 0.6 is 11.3 Å². The van der Waals surface area contributed by atoms with Gasteiger partial charge in [0.1, 0.15) is 0 Å². The Balaban J connectivity index is 2.03. The lowest BCUT2D eigenvalue weighted by Crippen LogP contribution is -2.40. The number of nitrogens with one attached hydrogen (secondary N) is 1. The lowest BCUT2D eigenvalue weighted by Gasteiger charge is -2.32. The summed E-state index contributed by atoms with van der Waals surface area (Å²) in [6.45, 7) is 12.9. The normalized spacial score (nSPS) is 21.0. The van der Waals surface area contributed by atoms with E-state index < -0.39 is 0 Å². The molecule has 0 bridgehead atoms. The molecule has 0 radical (unpaired) electrons. The van der Waals surface area contributed by atoms with Crippen LogP contribution in [0.5, 0.6) is 0 Å². The maximum absolute atomic E-state index is 3.64. The van der Waals surface area contributed by atoms with E-state index in [1.165, 1.54) is 42.2 Å². The summed E-state index contributed by atoms with van der Waals surface area (Å²) >= 11 is 1.99. The van der Waals surface area contributed by atoms with E-state index in [0.29, 0.717) is 12.1 Å². The molecule has 0 amide bonds. The summed E-state index contributed by atoms with van der Waals surface area (Å²) in [6.07, 6.45) is 3.84. The van der Waals surface area contributed by atoms with Gasteiger partial charge in [-0.3, -0.25) is 4.90 Å². The summed E-state index contributed by atoms with van der Waals surface area (Å²) < 4.78 is 0. The number of rotatable bonds is 7. The Kier molecular flexibility index (Phi) is 6.06. The summed E-state index contributed by atoms with van der Waals surface area (Å²) in [5, 5.41) is 3.64. The molecule has 2 heterocycles. The fourth-order valence-electron chi connectivity index (χ4n) is 3.04. The van der Waals surface area contributed by atoms with Crippen molar-refractivity contribution >= 4 is 11.3 Å². The Morgan fingerprint density at radius 2 is 2.15 bits per heavy atom. The van der Waals surface area contributed by atoms with E-state index in [0.717, 1.165) is 12.3 Å². The quantitative estimate of drug-likeness (QED) is 0.815. The number of hydrogen-bond donors (Lipinski definition) is 1. The standard InChI is InChI=1S/C17H30N2S/c1-5-16-8-9-17(20-16)14(4)19(11-13(2)3)12-15-7-6-10-18-15/h8-9,13-15,18H,5-7,10-12H2,1-4H3. The average molecular weight is 295 g/mol. The van der Waals surface area contributed by atoms with Gasteiger partial charge in [0.25, 0.3) is 0 Å². The van der Waals surface area contributed by atoms with Crippen molar-refractivity contribution in [2.45, 2.75) is 59.0 Å². The summed E-state index contributed by atoms with van der Waals surface area (Å²) in [5.41, 5.74) is 0. The maximum Gasteiger partial charge on any atom is 0.0414 e. The van der Waals surface area contributed by atoms with E-state index in [9.17, 15) is 0 Å². The molecule has 0 aliphatic carbocycles. The van der Waals surface area contributed by atoms with Gasteiger partial charge in [0.05, 0.1) is 0 Å². The van der Waals surface area contributed by atoms with Crippen LogP contribution in [0.4, 0.5) is 0 Å². The second-order valence-electron chi connectivity index (χ2n) is 6.47. The van der Waals surface area contributed by atoms with Crippen molar-refractivity contribution < 1.29 is 0 Å². The molecular formula is C17H30N2S. The predicted molar refractivity (Wildman–Crippen MR) is 89.5 cm³/mol. The highest BCUT2D eigenvalue weighted by atomic mass is 32.1. The van der Waals surface area contributed by atoms with Crippen LogP contribution in [0.3, 0.4) is 0 Å². The van der Waals surface area contributed by atoms with Crippen molar-refractivity contribution in [1.29, 1.82) is 0 Å². The molecule has 3 heteroatoms. The second kappa shape index (κ2) is 7.58. The fraction of sp³-hybridized carbons (Fsp3) is 0.765. The van der Waals surface area contributed by atoms with E-state index in [-0.39, 0.29) is 0 Å². The molecule has 20 heavy (non-hydrogen) atoms. The van der Waals surface area contributed by atoms with Gasteiger partial charge in [-0.25, -0.2) is 0 Å². The highest BCUT2D eigenvalue weighted by Crippen LogP contribution is 2.29. The third-order valence-corrected chi connectivity index (χ3v) is 5.61. The lowest BCUT2D eigenvalue weighted by atomic mass is 10.1. The molecule has 2 atom stereocenters. The van der Waals surface area contributed by atoms with E-state index in [1.54, 1.807) is 0 Å². The van der Waals surface area contributed by atoms with Gasteiger partial charge in [-0.05, 0) is 50.8 Å². The van der Waals surface area contributed by atoms with Crippen LogP contribution in [0, 0.1) is 5.92 Å². The van der Waals surface area contributed by atoms with Crippen molar-refractivity contribution in [3.8, 4) is 0 Å². The minimum atomic E-state index is 0.546. The molecule has 1 N–H and O–H groups in total. The van der Waals surface area contributed by atoms with Crippen molar-refractivity contribution in [3.05, 3.63) is 21.9 Å². The number of aryl methyl sites for hydroxylation is 1. The molecule has 1 aromatic rings. The van der Waals surface area contributed by atoms with Crippen molar-refractivity contribution in [2.24, 2.45) is 5.92 Å². The summed E-state index contributed by atoms with van der Waals surface area (Å²) in [4.78, 5) is 5.72. The first kappa shape index (κ1) is 16.0. The van der Waals surface area contributed by atoms with Crippen LogP contribution in [-0.2, 0) is 6.42 Å². The molecule has 1 saturated heterocycles. The van der Waals surface area contributed by atoms with Gasteiger partial charge in [-0.2, -0.15) is 0 Å². The Morgan fingerprint density at radius 3 is 2.70 bits per heavy atom. The first-order valence-electron chi connectivity index (χ1n) is 8.16. The predicted octanol–water partition coefficient (Wildman–Crippen LogP) is 4.08. The third-order valence-electron chi connectivity index (χ3n) is 4.21. The van der Waals surface area contributed by atoms with Crippen molar-refractivity contribution in [1.82, 2.24) is 10.2 Å². The minimum Gasteiger partial charge on any atom is -0.313 e. The monoisotopic (exact) mass is 294 g/mol. The van der Waals surface area contributed by atoms with Gasteiger partial charge in [0, 0.05) is 34.9 Å². The third kappa shape index (κ3) is 4.31. The molecule has 0 saturated carbocycles. The number of nitrogens with zero attached hydrogens (tertiary/aromatic N) is 1. The number of hydrogen-bond acceptors (Lipinski definition) is 3. The van der Waals surface area contributed by atoms with Gasteiger partial charge in [-0.15, -0.1) is 11.3 Å². The van der Waals surface area contributed by atoms with Crippen LogP contribution in [0.2, 0.25) is 0 Å². The molecule has 1 fully saturated rings. The molecule has 1 aliphatic rings. The van der Waals surface area contributed by atoms with Crippen LogP contribution in [0.15, 0.2) is 12.1 Å². The fourth-order valence-corrected chi connectivity index (χ4v) is 4.08. The van der Waals surface area contributed by atoms with Crippen LogP contribution in [0.25, 0.3) is 0 Å². The molecule has 2 unspecified atom stereocenters. The largest absolute Gasteiger partial charge is 0.313 e. The topological polar surface area (TPSA) is 15.3 Å². The highest BCUT2D eigenvalue weighted by Gasteiger charge is 2.23. The van der Waals surface area contributed by atoms with E-state index in [4.69, 9.17) is 0 Å². The molecule has 1 aromatic heterocycles. The Hall–Kier alpha value is -0.380. The van der Waals surface area contributed by atoms with E-state index >= 15 is 0 Å². The van der Waals surface area contributed by atoms with Crippen LogP contribution in [0.1, 0.15) is 56.3 Å². The van der Waals surface area contributed by atoms with Crippen molar-refractivity contribution in [2.75, 3.05) is 19.6 Å². The molecule has 0 spiro atoms. The first-order chi connectivity index (χ1) is 9.60. The molecule has 2 nitrogen and oxygen atoms in total. The van der Waals surface area contributed by atoms with Crippen LogP contribution in [-0.4, -0.2) is 30.6 Å². The van der Waals surface area contributed by atoms with Crippen molar-refractivity contribution in [3.63, 3.8) is 0 Å². The lowest BCUT2D eigenvalue weighted by molar-refractivity contribution is 0.174. The van der Waals surface area contributed by atoms with Gasteiger partial charge in [0.15, 0.2) is 0 Å². The Bertz CT molecular complexity index is 393. The van der Waals surface area contributed by atoms with Gasteiger partial charge >= 0.3 is 0 Å². The van der Waals surface area contributed by atoms with E-state index in [2.05, 4.69) is 50.0 Å². The zero-order chi connectivity index (χ0) is 14.5. The average Bonchev–Trinajstić information content (AvgIpc) is 3.07. The summed E-state index contributed by atoms with van der Waals surface area (Å²) in [7, 11) is 0. The zero-order valence-electron chi connectivity index (χ0n) is 13.5. The first-order valence-corrected chi connectivity index (χ1v) is 8.97. The number of thiophene rings is 1. The molecular weight excluding hydrogens is 264 g/mol. The molecule has 2 rings (SSSR count). The smallest absolute Gasteiger partial charge is 0.0414 e. The maximum atomic E-state index is 3.64. The van der Waals surface area contributed by atoms with Gasteiger partial charge < -0.3 is 5.32 Å². The second-order valence-corrected chi connectivity index (χ2v) is 7.67.